The molecular formula is C24H46O6. The largest absolute Gasteiger partial charge is 0.436 e. The molecule has 0 aromatic carbocycles. The molecule has 3 N–H and O–H groups in total. The molecule has 1 atom stereocenters. The third kappa shape index (κ3) is 23.3. The predicted octanol–water partition coefficient (Wildman–Crippen LogP) is 4.99. The van der Waals surface area contributed by atoms with Crippen molar-refractivity contribution in [3.63, 3.8) is 0 Å². The summed E-state index contributed by atoms with van der Waals surface area (Å²) < 4.78 is 10.0. The maximum Gasteiger partial charge on any atom is 0.308 e. The minimum Gasteiger partial charge on any atom is -0.436 e. The van der Waals surface area contributed by atoms with Crippen LogP contribution in [0.5, 0.6) is 0 Å². The van der Waals surface area contributed by atoms with Crippen LogP contribution in [0, 0.1) is 0 Å². The molecule has 178 valence electrons. The van der Waals surface area contributed by atoms with Gasteiger partial charge in [-0.25, -0.2) is 0 Å². The quantitative estimate of drug-likeness (QED) is 0.0969. The second-order valence-corrected chi connectivity index (χ2v) is 7.95. The van der Waals surface area contributed by atoms with Gasteiger partial charge in [0.25, 0.3) is 0 Å². The van der Waals surface area contributed by atoms with E-state index in [0.29, 0.717) is 6.42 Å². The Morgan fingerprint density at radius 2 is 1.30 bits per heavy atom. The average molecular weight is 431 g/mol. The Bertz CT molecular complexity index is 397. The van der Waals surface area contributed by atoms with E-state index in [1.54, 1.807) is 0 Å². The minimum atomic E-state index is -1.39. The highest BCUT2D eigenvalue weighted by Crippen LogP contribution is 2.10. The van der Waals surface area contributed by atoms with Gasteiger partial charge in [0.05, 0.1) is 13.2 Å². The average Bonchev–Trinajstić information content (AvgIpc) is 2.70. The van der Waals surface area contributed by atoms with Gasteiger partial charge >= 0.3 is 5.97 Å². The van der Waals surface area contributed by atoms with E-state index >= 15 is 0 Å². The van der Waals surface area contributed by atoms with Crippen molar-refractivity contribution in [2.45, 2.75) is 122 Å². The summed E-state index contributed by atoms with van der Waals surface area (Å²) in [7, 11) is 0. The van der Waals surface area contributed by atoms with Crippen LogP contribution in [0.4, 0.5) is 0 Å². The topological polar surface area (TPSA) is 96.2 Å². The molecule has 0 spiro atoms. The van der Waals surface area contributed by atoms with Crippen molar-refractivity contribution in [3.05, 3.63) is 12.2 Å². The van der Waals surface area contributed by atoms with Gasteiger partial charge in [-0.2, -0.15) is 0 Å². The van der Waals surface area contributed by atoms with Gasteiger partial charge in [0.2, 0.25) is 6.29 Å². The Balaban J connectivity index is 3.35. The SMILES string of the molecule is CCCCCCCC/C=C\CCCCCCCC(=O)O[C@@H](O)CCOCCC(O)O. The van der Waals surface area contributed by atoms with E-state index in [-0.39, 0.29) is 32.0 Å². The summed E-state index contributed by atoms with van der Waals surface area (Å²) in [6.07, 6.45) is 18.4. The van der Waals surface area contributed by atoms with Crippen molar-refractivity contribution < 1.29 is 29.6 Å². The molecule has 0 aliphatic heterocycles. The van der Waals surface area contributed by atoms with Crippen molar-refractivity contribution in [1.29, 1.82) is 0 Å². The molecule has 6 nitrogen and oxygen atoms in total. The standard InChI is InChI=1S/C24H46O6/c1-2-3-4-5-6-7-8-9-10-11-12-13-14-15-16-17-23(27)30-24(28)19-21-29-20-18-22(25)26/h9-10,22,24-26,28H,2-8,11-21H2,1H3/b10-9-/t24-/m1/s1. The highest BCUT2D eigenvalue weighted by Gasteiger charge is 2.10. The third-order valence-corrected chi connectivity index (χ3v) is 4.94. The van der Waals surface area contributed by atoms with E-state index in [0.717, 1.165) is 25.7 Å². The van der Waals surface area contributed by atoms with Crippen molar-refractivity contribution in [3.8, 4) is 0 Å². The lowest BCUT2D eigenvalue weighted by Crippen LogP contribution is -2.20. The highest BCUT2D eigenvalue weighted by molar-refractivity contribution is 5.69. The number of ether oxygens (including phenoxy) is 2. The first-order valence-corrected chi connectivity index (χ1v) is 12.0. The van der Waals surface area contributed by atoms with E-state index in [1.807, 2.05) is 0 Å². The third-order valence-electron chi connectivity index (χ3n) is 4.94. The lowest BCUT2D eigenvalue weighted by Gasteiger charge is -2.12. The smallest absolute Gasteiger partial charge is 0.308 e. The summed E-state index contributed by atoms with van der Waals surface area (Å²) in [6, 6.07) is 0. The second kappa shape index (κ2) is 22.7. The van der Waals surface area contributed by atoms with Gasteiger partial charge in [-0.3, -0.25) is 4.79 Å². The number of hydrogen-bond donors (Lipinski definition) is 3. The zero-order chi connectivity index (χ0) is 22.3. The highest BCUT2D eigenvalue weighted by atomic mass is 16.6. The molecule has 0 saturated carbocycles. The van der Waals surface area contributed by atoms with Crippen LogP contribution in [0.3, 0.4) is 0 Å². The van der Waals surface area contributed by atoms with Crippen LogP contribution in [0.1, 0.15) is 110 Å². The van der Waals surface area contributed by atoms with Crippen LogP contribution in [0.2, 0.25) is 0 Å². The fraction of sp³-hybridized carbons (Fsp3) is 0.875. The van der Waals surface area contributed by atoms with Crippen LogP contribution in [0.15, 0.2) is 12.2 Å². The maximum atomic E-state index is 11.7. The fourth-order valence-corrected chi connectivity index (χ4v) is 3.08. The summed E-state index contributed by atoms with van der Waals surface area (Å²) in [5, 5.41) is 27.0. The number of unbranched alkanes of at least 4 members (excludes halogenated alkanes) is 11. The molecule has 0 aliphatic carbocycles. The number of rotatable bonds is 22. The van der Waals surface area contributed by atoms with Gasteiger partial charge in [0, 0.05) is 19.3 Å². The first kappa shape index (κ1) is 29.1. The summed E-state index contributed by atoms with van der Waals surface area (Å²) in [6.45, 7) is 2.64. The number of allylic oxidation sites excluding steroid dienone is 2. The predicted molar refractivity (Wildman–Crippen MR) is 120 cm³/mol. The molecule has 0 aromatic rings. The van der Waals surface area contributed by atoms with Gasteiger partial charge in [-0.05, 0) is 32.1 Å². The number of carbonyl (C=O) groups is 1. The van der Waals surface area contributed by atoms with Crippen molar-refractivity contribution >= 4 is 5.97 Å². The molecule has 6 heteroatoms. The van der Waals surface area contributed by atoms with Crippen molar-refractivity contribution in [2.24, 2.45) is 0 Å². The summed E-state index contributed by atoms with van der Waals surface area (Å²) in [5.41, 5.74) is 0. The molecule has 0 radical (unpaired) electrons. The van der Waals surface area contributed by atoms with E-state index in [1.165, 1.54) is 57.8 Å². The first-order valence-electron chi connectivity index (χ1n) is 12.0. The van der Waals surface area contributed by atoms with Crippen LogP contribution >= 0.6 is 0 Å². The first-order chi connectivity index (χ1) is 14.6. The molecule has 0 bridgehead atoms. The van der Waals surface area contributed by atoms with E-state index in [2.05, 4.69) is 19.1 Å². The number of aliphatic hydroxyl groups excluding tert-OH is 2. The summed E-state index contributed by atoms with van der Waals surface area (Å²) in [4.78, 5) is 11.7. The molecule has 0 rings (SSSR count). The maximum absolute atomic E-state index is 11.7. The molecule has 0 unspecified atom stereocenters. The zero-order valence-corrected chi connectivity index (χ0v) is 19.1. The Kier molecular flexibility index (Phi) is 22.0. The summed E-state index contributed by atoms with van der Waals surface area (Å²) >= 11 is 0. The van der Waals surface area contributed by atoms with Crippen molar-refractivity contribution in [2.75, 3.05) is 13.2 Å². The number of carbonyl (C=O) groups excluding carboxylic acids is 1. The van der Waals surface area contributed by atoms with E-state index in [4.69, 9.17) is 19.7 Å². The van der Waals surface area contributed by atoms with E-state index < -0.39 is 12.6 Å². The van der Waals surface area contributed by atoms with Crippen LogP contribution in [0.25, 0.3) is 0 Å². The molecule has 30 heavy (non-hydrogen) atoms. The van der Waals surface area contributed by atoms with Crippen LogP contribution in [-0.2, 0) is 14.3 Å². The molecule has 0 aliphatic rings. The van der Waals surface area contributed by atoms with Gasteiger partial charge < -0.3 is 24.8 Å². The number of esters is 1. The molecule has 0 aromatic heterocycles. The normalized spacial score (nSPS) is 12.7. The number of aliphatic hydroxyl groups is 3. The van der Waals surface area contributed by atoms with Gasteiger partial charge in [-0.15, -0.1) is 0 Å². The monoisotopic (exact) mass is 430 g/mol. The number of hydrogen-bond acceptors (Lipinski definition) is 6. The molecular weight excluding hydrogens is 384 g/mol. The van der Waals surface area contributed by atoms with Gasteiger partial charge in [-0.1, -0.05) is 70.4 Å². The fourth-order valence-electron chi connectivity index (χ4n) is 3.08. The van der Waals surface area contributed by atoms with Gasteiger partial charge in [0.1, 0.15) is 0 Å². The van der Waals surface area contributed by atoms with Crippen LogP contribution in [-0.4, -0.2) is 47.1 Å². The van der Waals surface area contributed by atoms with E-state index in [9.17, 15) is 9.90 Å². The molecule has 0 fully saturated rings. The molecule has 0 amide bonds. The lowest BCUT2D eigenvalue weighted by molar-refractivity contribution is -0.170. The van der Waals surface area contributed by atoms with Crippen LogP contribution < -0.4 is 0 Å². The minimum absolute atomic E-state index is 0.116. The molecule has 0 heterocycles. The Morgan fingerprint density at radius 3 is 1.90 bits per heavy atom. The zero-order valence-electron chi connectivity index (χ0n) is 19.1. The Labute approximate surface area is 183 Å². The van der Waals surface area contributed by atoms with Gasteiger partial charge in [0.15, 0.2) is 6.29 Å². The Hall–Kier alpha value is -0.950. The lowest BCUT2D eigenvalue weighted by atomic mass is 10.1. The van der Waals surface area contributed by atoms with Crippen molar-refractivity contribution in [1.82, 2.24) is 0 Å². The second-order valence-electron chi connectivity index (χ2n) is 7.95. The Morgan fingerprint density at radius 1 is 0.767 bits per heavy atom. The molecule has 0 saturated heterocycles. The summed E-state index contributed by atoms with van der Waals surface area (Å²) in [5.74, 6) is -0.383.